The van der Waals surface area contributed by atoms with Gasteiger partial charge in [0.1, 0.15) is 11.1 Å². The molecule has 4 rings (SSSR count). The summed E-state index contributed by atoms with van der Waals surface area (Å²) in [6.45, 7) is 14.0. The first-order valence-electron chi connectivity index (χ1n) is 15.5. The van der Waals surface area contributed by atoms with Crippen molar-refractivity contribution in [2.45, 2.75) is 102 Å². The molecular weight excluding hydrogens is 472 g/mol. The van der Waals surface area contributed by atoms with Gasteiger partial charge in [-0.15, -0.1) is 0 Å². The predicted molar refractivity (Wildman–Crippen MR) is 172 cm³/mol. The second-order valence-electron chi connectivity index (χ2n) is 15.4. The molecule has 0 N–H and O–H groups in total. The van der Waals surface area contributed by atoms with Crippen molar-refractivity contribution in [2.75, 3.05) is 42.3 Å². The summed E-state index contributed by atoms with van der Waals surface area (Å²) in [7, 11) is 14.5. The summed E-state index contributed by atoms with van der Waals surface area (Å²) in [4.78, 5) is 0. The average molecular weight is 533 g/mol. The highest BCUT2D eigenvalue weighted by atomic mass is 15.4. The van der Waals surface area contributed by atoms with Crippen LogP contribution in [-0.4, -0.2) is 62.3 Å². The number of hydrogen-bond acceptors (Lipinski definition) is 0. The molecule has 0 saturated carbocycles. The van der Waals surface area contributed by atoms with E-state index in [9.17, 15) is 0 Å². The Balaban J connectivity index is 2.10. The van der Waals surface area contributed by atoms with Gasteiger partial charge in [0.05, 0.1) is 42.3 Å². The summed E-state index contributed by atoms with van der Waals surface area (Å²) in [5, 5.41) is 0. The maximum absolute atomic E-state index is 3.96. The van der Waals surface area contributed by atoms with E-state index < -0.39 is 0 Å². The molecule has 39 heavy (non-hydrogen) atoms. The summed E-state index contributed by atoms with van der Waals surface area (Å²) >= 11 is 0. The van der Waals surface area contributed by atoms with E-state index in [2.05, 4.69) is 125 Å². The van der Waals surface area contributed by atoms with Crippen molar-refractivity contribution >= 4 is 6.08 Å². The van der Waals surface area contributed by atoms with E-state index >= 15 is 0 Å². The zero-order chi connectivity index (χ0) is 29.1. The van der Waals surface area contributed by atoms with E-state index in [-0.39, 0.29) is 16.5 Å². The number of hydrogen-bond donors (Lipinski definition) is 0. The fraction of sp³-hybridized carbons (Fsp3) is 0.622. The van der Waals surface area contributed by atoms with Crippen LogP contribution in [0.5, 0.6) is 0 Å². The quantitative estimate of drug-likeness (QED) is 0.200. The van der Waals surface area contributed by atoms with E-state index in [1.807, 2.05) is 6.08 Å². The van der Waals surface area contributed by atoms with Crippen LogP contribution < -0.4 is 0 Å². The zero-order valence-corrected chi connectivity index (χ0v) is 27.2. The summed E-state index contributed by atoms with van der Waals surface area (Å²) in [5.74, 6) is 0.487. The van der Waals surface area contributed by atoms with Crippen LogP contribution in [0.1, 0.15) is 101 Å². The Morgan fingerprint density at radius 3 is 2.00 bits per heavy atom. The molecule has 216 valence electrons. The molecule has 2 bridgehead atoms. The minimum atomic E-state index is 0.119. The number of quaternary nitrogens is 2. The number of rotatable bonds is 11. The molecule has 2 heteroatoms. The summed E-state index contributed by atoms with van der Waals surface area (Å²) in [6, 6.07) is 19.0. The molecule has 0 saturated heterocycles. The number of benzene rings is 2. The topological polar surface area (TPSA) is 0 Å². The van der Waals surface area contributed by atoms with Gasteiger partial charge >= 0.3 is 0 Å². The SMILES string of the molecule is C=Cc1ccc(CC(C)(CCCCC)CC2c3ccc(cc3)CC(C)([N+](C)(C)C)CCC2(C)[N+](C)(C)C)cc1. The van der Waals surface area contributed by atoms with Crippen molar-refractivity contribution in [3.8, 4) is 0 Å². The molecule has 2 aliphatic carbocycles. The molecule has 0 radical (unpaired) electrons. The largest absolute Gasteiger partial charge is 0.326 e. The summed E-state index contributed by atoms with van der Waals surface area (Å²) < 4.78 is 1.97. The first kappa shape index (κ1) is 31.6. The van der Waals surface area contributed by atoms with Gasteiger partial charge in [0.15, 0.2) is 0 Å². The van der Waals surface area contributed by atoms with Gasteiger partial charge in [-0.05, 0) is 60.8 Å². The Labute approximate surface area is 242 Å². The lowest BCUT2D eigenvalue weighted by Crippen LogP contribution is -2.62. The van der Waals surface area contributed by atoms with Gasteiger partial charge in [-0.1, -0.05) is 94.3 Å². The summed E-state index contributed by atoms with van der Waals surface area (Å²) in [6.07, 6.45) is 13.1. The lowest BCUT2D eigenvalue weighted by Gasteiger charge is -2.53. The van der Waals surface area contributed by atoms with Crippen LogP contribution in [-0.2, 0) is 12.8 Å². The molecule has 0 amide bonds. The molecule has 4 unspecified atom stereocenters. The van der Waals surface area contributed by atoms with Gasteiger partial charge in [-0.25, -0.2) is 0 Å². The normalized spacial score (nSPS) is 25.7. The molecule has 2 aromatic rings. The smallest absolute Gasteiger partial charge is 0.103 e. The molecule has 0 heterocycles. The molecular formula is C37H60N2+2. The first-order chi connectivity index (χ1) is 18.1. The Morgan fingerprint density at radius 2 is 1.49 bits per heavy atom. The van der Waals surface area contributed by atoms with Crippen LogP contribution >= 0.6 is 0 Å². The van der Waals surface area contributed by atoms with E-state index in [4.69, 9.17) is 0 Å². The first-order valence-corrected chi connectivity index (χ1v) is 15.5. The lowest BCUT2D eigenvalue weighted by atomic mass is 9.63. The second kappa shape index (κ2) is 11.9. The van der Waals surface area contributed by atoms with Gasteiger partial charge in [-0.3, -0.25) is 0 Å². The molecule has 0 aliphatic heterocycles. The van der Waals surface area contributed by atoms with Crippen molar-refractivity contribution in [3.05, 3.63) is 77.4 Å². The predicted octanol–water partition coefficient (Wildman–Crippen LogP) is 8.90. The van der Waals surface area contributed by atoms with Crippen LogP contribution in [0.15, 0.2) is 55.1 Å². The van der Waals surface area contributed by atoms with Crippen molar-refractivity contribution in [1.29, 1.82) is 0 Å². The fourth-order valence-corrected chi connectivity index (χ4v) is 6.99. The van der Waals surface area contributed by atoms with Crippen molar-refractivity contribution < 1.29 is 8.97 Å². The fourth-order valence-electron chi connectivity index (χ4n) is 6.99. The van der Waals surface area contributed by atoms with Crippen LogP contribution in [0, 0.1) is 5.41 Å². The highest BCUT2D eigenvalue weighted by Crippen LogP contribution is 2.50. The maximum atomic E-state index is 3.96. The Bertz CT molecular complexity index is 1070. The van der Waals surface area contributed by atoms with Gasteiger partial charge in [0.2, 0.25) is 0 Å². The third-order valence-corrected chi connectivity index (χ3v) is 11.0. The highest BCUT2D eigenvalue weighted by molar-refractivity contribution is 5.47. The zero-order valence-electron chi connectivity index (χ0n) is 27.2. The molecule has 4 atom stereocenters. The van der Waals surface area contributed by atoms with Crippen LogP contribution in [0.4, 0.5) is 0 Å². The van der Waals surface area contributed by atoms with Crippen LogP contribution in [0.3, 0.4) is 0 Å². The second-order valence-corrected chi connectivity index (χ2v) is 15.4. The maximum Gasteiger partial charge on any atom is 0.103 e. The van der Waals surface area contributed by atoms with Gasteiger partial charge < -0.3 is 8.97 Å². The Hall–Kier alpha value is -1.90. The van der Waals surface area contributed by atoms with Crippen LogP contribution in [0.2, 0.25) is 0 Å². The van der Waals surface area contributed by atoms with Crippen LogP contribution in [0.25, 0.3) is 6.08 Å². The monoisotopic (exact) mass is 532 g/mol. The molecule has 0 spiro atoms. The molecule has 0 aromatic heterocycles. The highest BCUT2D eigenvalue weighted by Gasteiger charge is 2.51. The van der Waals surface area contributed by atoms with E-state index in [0.29, 0.717) is 5.92 Å². The van der Waals surface area contributed by atoms with E-state index in [0.717, 1.165) is 21.8 Å². The molecule has 2 aromatic carbocycles. The van der Waals surface area contributed by atoms with Gasteiger partial charge in [0.25, 0.3) is 0 Å². The third kappa shape index (κ3) is 7.25. The molecule has 2 aliphatic rings. The third-order valence-electron chi connectivity index (χ3n) is 11.0. The standard InChI is InChI=1S/C37H60N2/c1-12-14-15-24-35(3,27-31-18-16-30(13-2)17-19-31)29-34-33-22-20-32(21-23-33)28-36(4,38(6,7)8)25-26-37(34,5)39(9,10)11/h13,16-23,34H,2,12,14-15,24-29H2,1,3-11H3/q+2. The minimum Gasteiger partial charge on any atom is -0.326 e. The molecule has 2 nitrogen and oxygen atoms in total. The van der Waals surface area contributed by atoms with Gasteiger partial charge in [0, 0.05) is 25.2 Å². The molecule has 0 fully saturated rings. The van der Waals surface area contributed by atoms with E-state index in [1.165, 1.54) is 67.2 Å². The lowest BCUT2D eigenvalue weighted by molar-refractivity contribution is -0.932. The van der Waals surface area contributed by atoms with Crippen molar-refractivity contribution in [1.82, 2.24) is 0 Å². The minimum absolute atomic E-state index is 0.119. The number of likely N-dealkylation sites (N-methyl/N-ethyl adjacent to an activating group) is 2. The Kier molecular flexibility index (Phi) is 9.66. The van der Waals surface area contributed by atoms with Crippen molar-refractivity contribution in [3.63, 3.8) is 0 Å². The average Bonchev–Trinajstić information content (AvgIpc) is 2.85. The number of unbranched alkanes of at least 4 members (excludes halogenated alkanes) is 2. The number of fused-ring (bicyclic) bond motifs is 7. The van der Waals surface area contributed by atoms with Gasteiger partial charge in [-0.2, -0.15) is 0 Å². The summed E-state index contributed by atoms with van der Waals surface area (Å²) in [5.41, 5.74) is 6.22. The van der Waals surface area contributed by atoms with E-state index in [1.54, 1.807) is 0 Å². The Morgan fingerprint density at radius 1 is 0.872 bits per heavy atom. The van der Waals surface area contributed by atoms with Crippen molar-refractivity contribution in [2.24, 2.45) is 5.41 Å². The number of nitrogens with zero attached hydrogens (tertiary/aromatic N) is 2.